The molecule has 31 heavy (non-hydrogen) atoms. The number of aryl methyl sites for hydroxylation is 1. The van der Waals surface area contributed by atoms with Gasteiger partial charge in [0.05, 0.1) is 10.7 Å². The quantitative estimate of drug-likeness (QED) is 0.327. The number of halogens is 1. The van der Waals surface area contributed by atoms with Crippen LogP contribution in [0, 0.1) is 5.92 Å². The molecule has 2 atom stereocenters. The van der Waals surface area contributed by atoms with Gasteiger partial charge in [-0.15, -0.1) is 35.3 Å². The zero-order valence-electron chi connectivity index (χ0n) is 18.8. The number of hydrogen-bond acceptors (Lipinski definition) is 4. The third kappa shape index (κ3) is 6.42. The maximum absolute atomic E-state index is 4.68. The Morgan fingerprint density at radius 1 is 1.23 bits per heavy atom. The lowest BCUT2D eigenvalue weighted by Crippen LogP contribution is -2.56. The molecule has 2 aliphatic rings. The van der Waals surface area contributed by atoms with Crippen molar-refractivity contribution < 1.29 is 0 Å². The van der Waals surface area contributed by atoms with Crippen LogP contribution in [-0.2, 0) is 19.4 Å². The number of aromatic nitrogens is 1. The Labute approximate surface area is 208 Å². The molecule has 1 N–H and O–H groups in total. The summed E-state index contributed by atoms with van der Waals surface area (Å²) in [6.07, 6.45) is 5.85. The summed E-state index contributed by atoms with van der Waals surface area (Å²) < 4.78 is 0. The predicted octanol–water partition coefficient (Wildman–Crippen LogP) is 4.43. The molecule has 2 aromatic rings. The van der Waals surface area contributed by atoms with Gasteiger partial charge in [-0.1, -0.05) is 37.3 Å². The molecular formula is C24H36IN5S. The van der Waals surface area contributed by atoms with Crippen LogP contribution in [0.1, 0.15) is 42.5 Å². The molecule has 2 fully saturated rings. The topological polar surface area (TPSA) is 43.8 Å². The monoisotopic (exact) mass is 553 g/mol. The normalized spacial score (nSPS) is 22.0. The maximum Gasteiger partial charge on any atom is 0.193 e. The molecule has 7 heteroatoms. The van der Waals surface area contributed by atoms with Crippen LogP contribution in [0.3, 0.4) is 0 Å². The summed E-state index contributed by atoms with van der Waals surface area (Å²) in [4.78, 5) is 14.5. The van der Waals surface area contributed by atoms with Gasteiger partial charge in [-0.05, 0) is 43.7 Å². The first-order chi connectivity index (χ1) is 14.8. The van der Waals surface area contributed by atoms with Crippen molar-refractivity contribution in [3.63, 3.8) is 0 Å². The molecule has 5 nitrogen and oxygen atoms in total. The molecule has 0 saturated carbocycles. The van der Waals surface area contributed by atoms with Crippen molar-refractivity contribution in [1.82, 2.24) is 20.1 Å². The average molecular weight is 554 g/mol. The molecule has 0 bridgehead atoms. The highest BCUT2D eigenvalue weighted by atomic mass is 127. The van der Waals surface area contributed by atoms with E-state index in [9.17, 15) is 0 Å². The molecule has 1 aromatic carbocycles. The molecule has 2 saturated heterocycles. The molecule has 0 aliphatic carbocycles. The van der Waals surface area contributed by atoms with Crippen molar-refractivity contribution in [1.29, 1.82) is 0 Å². The van der Waals surface area contributed by atoms with Crippen molar-refractivity contribution in [3.8, 4) is 0 Å². The van der Waals surface area contributed by atoms with E-state index in [1.54, 1.807) is 11.3 Å². The number of piperidine rings is 2. The summed E-state index contributed by atoms with van der Waals surface area (Å²) in [5.74, 6) is 1.79. The van der Waals surface area contributed by atoms with Crippen molar-refractivity contribution in [2.75, 3.05) is 33.2 Å². The average Bonchev–Trinajstić information content (AvgIpc) is 3.25. The standard InChI is InChI=1S/C24H35N5S.HI/c1-3-23-27-21(18-30-23)11-13-26-24(25-2)29-15-12-22-20(17-29)10-7-14-28(22)16-19-8-5-4-6-9-19;/h4-6,8-9,18,20,22H,3,7,10-17H2,1-2H3,(H,25,26);1H. The molecule has 2 unspecified atom stereocenters. The highest BCUT2D eigenvalue weighted by Crippen LogP contribution is 2.31. The number of rotatable bonds is 6. The smallest absolute Gasteiger partial charge is 0.193 e. The van der Waals surface area contributed by atoms with Gasteiger partial charge in [0.1, 0.15) is 0 Å². The van der Waals surface area contributed by atoms with Crippen LogP contribution >= 0.6 is 35.3 Å². The lowest BCUT2D eigenvalue weighted by Gasteiger charge is -2.48. The van der Waals surface area contributed by atoms with E-state index in [-0.39, 0.29) is 24.0 Å². The number of likely N-dealkylation sites (tertiary alicyclic amines) is 2. The van der Waals surface area contributed by atoms with Crippen LogP contribution in [0.15, 0.2) is 40.7 Å². The van der Waals surface area contributed by atoms with E-state index in [2.05, 4.69) is 67.7 Å². The summed E-state index contributed by atoms with van der Waals surface area (Å²) in [5, 5.41) is 7.01. The molecule has 170 valence electrons. The first-order valence-electron chi connectivity index (χ1n) is 11.4. The highest BCUT2D eigenvalue weighted by molar-refractivity contribution is 14.0. The number of benzene rings is 1. The SMILES string of the molecule is CCc1nc(CCNC(=NC)N2CCC3C(CCCN3Cc3ccccc3)C2)cs1.I. The van der Waals surface area contributed by atoms with Gasteiger partial charge in [-0.25, -0.2) is 4.98 Å². The van der Waals surface area contributed by atoms with Gasteiger partial charge < -0.3 is 10.2 Å². The van der Waals surface area contributed by atoms with E-state index < -0.39 is 0 Å². The largest absolute Gasteiger partial charge is 0.356 e. The predicted molar refractivity (Wildman–Crippen MR) is 142 cm³/mol. The number of fused-ring (bicyclic) bond motifs is 1. The number of hydrogen-bond donors (Lipinski definition) is 1. The van der Waals surface area contributed by atoms with E-state index in [4.69, 9.17) is 0 Å². The van der Waals surface area contributed by atoms with E-state index in [1.165, 1.54) is 42.1 Å². The molecule has 0 amide bonds. The lowest BCUT2D eigenvalue weighted by atomic mass is 9.83. The Hall–Kier alpha value is -1.19. The fourth-order valence-electron chi connectivity index (χ4n) is 4.97. The second-order valence-corrected chi connectivity index (χ2v) is 9.41. The van der Waals surface area contributed by atoms with Gasteiger partial charge in [-0.2, -0.15) is 0 Å². The van der Waals surface area contributed by atoms with E-state index in [0.717, 1.165) is 50.9 Å². The third-order valence-electron chi connectivity index (χ3n) is 6.49. The van der Waals surface area contributed by atoms with Crippen LogP contribution < -0.4 is 5.32 Å². The Bertz CT molecular complexity index is 824. The Morgan fingerprint density at radius 2 is 2.06 bits per heavy atom. The second kappa shape index (κ2) is 12.2. The summed E-state index contributed by atoms with van der Waals surface area (Å²) in [6, 6.07) is 11.6. The molecule has 2 aliphatic heterocycles. The Morgan fingerprint density at radius 3 is 2.81 bits per heavy atom. The minimum Gasteiger partial charge on any atom is -0.356 e. The zero-order valence-corrected chi connectivity index (χ0v) is 21.9. The van der Waals surface area contributed by atoms with Gasteiger partial charge in [0, 0.05) is 51.1 Å². The van der Waals surface area contributed by atoms with E-state index in [1.807, 2.05) is 7.05 Å². The van der Waals surface area contributed by atoms with E-state index >= 15 is 0 Å². The Kier molecular flexibility index (Phi) is 9.59. The van der Waals surface area contributed by atoms with Gasteiger partial charge >= 0.3 is 0 Å². The molecule has 0 spiro atoms. The molecular weight excluding hydrogens is 517 g/mol. The van der Waals surface area contributed by atoms with Crippen molar-refractivity contribution >= 4 is 41.3 Å². The van der Waals surface area contributed by atoms with Gasteiger partial charge in [0.25, 0.3) is 0 Å². The van der Waals surface area contributed by atoms with Crippen LogP contribution in [0.25, 0.3) is 0 Å². The van der Waals surface area contributed by atoms with Gasteiger partial charge in [-0.3, -0.25) is 9.89 Å². The van der Waals surface area contributed by atoms with E-state index in [0.29, 0.717) is 6.04 Å². The van der Waals surface area contributed by atoms with Crippen molar-refractivity contribution in [2.45, 2.75) is 51.6 Å². The summed E-state index contributed by atoms with van der Waals surface area (Å²) in [6.45, 7) is 7.58. The summed E-state index contributed by atoms with van der Waals surface area (Å²) in [5.41, 5.74) is 2.63. The van der Waals surface area contributed by atoms with Crippen LogP contribution in [-0.4, -0.2) is 60.0 Å². The number of thiazole rings is 1. The molecule has 3 heterocycles. The second-order valence-electron chi connectivity index (χ2n) is 8.47. The van der Waals surface area contributed by atoms with Gasteiger partial charge in [0.2, 0.25) is 0 Å². The number of nitrogens with zero attached hydrogens (tertiary/aromatic N) is 4. The van der Waals surface area contributed by atoms with Crippen molar-refractivity contribution in [2.24, 2.45) is 10.9 Å². The fraction of sp³-hybridized carbons (Fsp3) is 0.583. The first-order valence-corrected chi connectivity index (χ1v) is 12.3. The highest BCUT2D eigenvalue weighted by Gasteiger charge is 2.36. The molecule has 4 rings (SSSR count). The van der Waals surface area contributed by atoms with Crippen LogP contribution in [0.5, 0.6) is 0 Å². The first kappa shape index (κ1) is 24.5. The minimum atomic E-state index is 0. The number of nitrogens with one attached hydrogen (secondary N) is 1. The summed E-state index contributed by atoms with van der Waals surface area (Å²) in [7, 11) is 1.91. The Balaban J connectivity index is 0.00000272. The number of aliphatic imine (C=N–C) groups is 1. The molecule has 1 aromatic heterocycles. The fourth-order valence-corrected chi connectivity index (χ4v) is 5.75. The lowest BCUT2D eigenvalue weighted by molar-refractivity contribution is 0.0373. The minimum absolute atomic E-state index is 0. The molecule has 0 radical (unpaired) electrons. The number of guanidine groups is 1. The van der Waals surface area contributed by atoms with Gasteiger partial charge in [0.15, 0.2) is 5.96 Å². The van der Waals surface area contributed by atoms with Crippen LogP contribution in [0.4, 0.5) is 0 Å². The summed E-state index contributed by atoms with van der Waals surface area (Å²) >= 11 is 1.77. The van der Waals surface area contributed by atoms with Crippen molar-refractivity contribution in [3.05, 3.63) is 52.0 Å². The zero-order chi connectivity index (χ0) is 20.8. The van der Waals surface area contributed by atoms with Crippen LogP contribution in [0.2, 0.25) is 0 Å². The third-order valence-corrected chi connectivity index (χ3v) is 7.53. The maximum atomic E-state index is 4.68.